The van der Waals surface area contributed by atoms with E-state index in [0.29, 0.717) is 30.9 Å². The Hall–Kier alpha value is -2.42. The summed E-state index contributed by atoms with van der Waals surface area (Å²) in [6.45, 7) is 6.36. The second-order valence-corrected chi connectivity index (χ2v) is 9.45. The van der Waals surface area contributed by atoms with Crippen molar-refractivity contribution in [1.29, 1.82) is 0 Å². The molecule has 0 radical (unpaired) electrons. The molecule has 3 rings (SSSR count). The van der Waals surface area contributed by atoms with Crippen LogP contribution in [0.3, 0.4) is 0 Å². The number of carbonyl (C=O) groups excluding carboxylic acids is 1. The number of carbonyl (C=O) groups is 1. The molecule has 1 N–H and O–H groups in total. The van der Waals surface area contributed by atoms with Crippen LogP contribution in [0.25, 0.3) is 0 Å². The second-order valence-electron chi connectivity index (χ2n) is 7.54. The van der Waals surface area contributed by atoms with E-state index < -0.39 is 10.0 Å². The first-order valence-electron chi connectivity index (χ1n) is 10.0. The van der Waals surface area contributed by atoms with E-state index in [2.05, 4.69) is 10.2 Å². The van der Waals surface area contributed by atoms with Crippen LogP contribution in [0, 0.1) is 6.92 Å². The standard InChI is InChI=1S/C22H29N3O4S/c1-17-5-8-20(23-18(2)26)15-22(17)30(27,28)25-12-4-11-24(13-14-25)16-19-6-9-21(29-3)10-7-19/h5-10,15H,4,11-14,16H2,1-3H3,(H,23,26). The highest BCUT2D eigenvalue weighted by Crippen LogP contribution is 2.25. The van der Waals surface area contributed by atoms with Crippen molar-refractivity contribution in [2.75, 3.05) is 38.6 Å². The molecule has 2 aromatic carbocycles. The molecule has 1 aliphatic heterocycles. The fourth-order valence-electron chi connectivity index (χ4n) is 3.63. The van der Waals surface area contributed by atoms with E-state index in [4.69, 9.17) is 4.74 Å². The van der Waals surface area contributed by atoms with Crippen molar-refractivity contribution in [2.45, 2.75) is 31.7 Å². The van der Waals surface area contributed by atoms with Crippen LogP contribution in [0.1, 0.15) is 24.5 Å². The number of sulfonamides is 1. The van der Waals surface area contributed by atoms with E-state index in [-0.39, 0.29) is 10.8 Å². The number of benzene rings is 2. The zero-order valence-corrected chi connectivity index (χ0v) is 18.5. The van der Waals surface area contributed by atoms with Crippen LogP contribution >= 0.6 is 0 Å². The lowest BCUT2D eigenvalue weighted by atomic mass is 10.2. The summed E-state index contributed by atoms with van der Waals surface area (Å²) in [5, 5.41) is 2.66. The van der Waals surface area contributed by atoms with Crippen molar-refractivity contribution in [3.05, 3.63) is 53.6 Å². The fourth-order valence-corrected chi connectivity index (χ4v) is 5.35. The number of hydrogen-bond donors (Lipinski definition) is 1. The predicted octanol–water partition coefficient (Wildman–Crippen LogP) is 2.86. The average Bonchev–Trinajstić information content (AvgIpc) is 2.95. The SMILES string of the molecule is COc1ccc(CN2CCCN(S(=O)(=O)c3cc(NC(C)=O)ccc3C)CC2)cc1. The molecule has 30 heavy (non-hydrogen) atoms. The molecule has 2 aromatic rings. The Morgan fingerprint density at radius 1 is 1.07 bits per heavy atom. The van der Waals surface area contributed by atoms with Crippen molar-refractivity contribution in [3.63, 3.8) is 0 Å². The van der Waals surface area contributed by atoms with Crippen LogP contribution in [-0.2, 0) is 21.4 Å². The molecule has 7 nitrogen and oxygen atoms in total. The van der Waals surface area contributed by atoms with E-state index in [1.165, 1.54) is 12.5 Å². The molecule has 0 aromatic heterocycles. The van der Waals surface area contributed by atoms with Gasteiger partial charge in [0.15, 0.2) is 0 Å². The molecule has 0 spiro atoms. The topological polar surface area (TPSA) is 79.0 Å². The Balaban J connectivity index is 1.71. The molecular weight excluding hydrogens is 402 g/mol. The molecule has 0 bridgehead atoms. The fraction of sp³-hybridized carbons (Fsp3) is 0.409. The average molecular weight is 432 g/mol. The maximum atomic E-state index is 13.3. The summed E-state index contributed by atoms with van der Waals surface area (Å²) in [5.41, 5.74) is 2.33. The van der Waals surface area contributed by atoms with Gasteiger partial charge in [0, 0.05) is 38.8 Å². The van der Waals surface area contributed by atoms with Crippen LogP contribution in [0.2, 0.25) is 0 Å². The first kappa shape index (κ1) is 22.3. The smallest absolute Gasteiger partial charge is 0.243 e. The zero-order valence-electron chi connectivity index (χ0n) is 17.7. The number of anilines is 1. The lowest BCUT2D eigenvalue weighted by Crippen LogP contribution is -2.35. The third-order valence-corrected chi connectivity index (χ3v) is 7.28. The summed E-state index contributed by atoms with van der Waals surface area (Å²) in [4.78, 5) is 13.9. The Morgan fingerprint density at radius 3 is 2.47 bits per heavy atom. The molecular formula is C22H29N3O4S. The Bertz CT molecular complexity index is 990. The lowest BCUT2D eigenvalue weighted by molar-refractivity contribution is -0.114. The molecule has 0 unspecified atom stereocenters. The number of nitrogens with zero attached hydrogens (tertiary/aromatic N) is 2. The van der Waals surface area contributed by atoms with Gasteiger partial charge in [0.05, 0.1) is 12.0 Å². The first-order chi connectivity index (χ1) is 14.3. The van der Waals surface area contributed by atoms with Gasteiger partial charge in [-0.05, 0) is 55.3 Å². The Labute approximate surface area is 178 Å². The van der Waals surface area contributed by atoms with E-state index in [0.717, 1.165) is 25.3 Å². The summed E-state index contributed by atoms with van der Waals surface area (Å²) in [6.07, 6.45) is 0.764. The summed E-state index contributed by atoms with van der Waals surface area (Å²) in [6, 6.07) is 12.9. The van der Waals surface area contributed by atoms with Crippen LogP contribution in [0.4, 0.5) is 5.69 Å². The predicted molar refractivity (Wildman–Crippen MR) is 117 cm³/mol. The van der Waals surface area contributed by atoms with Crippen molar-refractivity contribution in [1.82, 2.24) is 9.21 Å². The molecule has 0 atom stereocenters. The van der Waals surface area contributed by atoms with Gasteiger partial charge in [-0.15, -0.1) is 0 Å². The normalized spacial score (nSPS) is 16.1. The summed E-state index contributed by atoms with van der Waals surface area (Å²) in [7, 11) is -2.00. The van der Waals surface area contributed by atoms with Gasteiger partial charge in [0.2, 0.25) is 15.9 Å². The number of nitrogens with one attached hydrogen (secondary N) is 1. The minimum absolute atomic E-state index is 0.230. The number of ether oxygens (including phenoxy) is 1. The molecule has 0 aliphatic carbocycles. The van der Waals surface area contributed by atoms with Gasteiger partial charge < -0.3 is 10.1 Å². The minimum atomic E-state index is -3.64. The highest BCUT2D eigenvalue weighted by Gasteiger charge is 2.28. The lowest BCUT2D eigenvalue weighted by Gasteiger charge is -2.23. The number of amides is 1. The third-order valence-electron chi connectivity index (χ3n) is 5.24. The maximum Gasteiger partial charge on any atom is 0.243 e. The van der Waals surface area contributed by atoms with Crippen LogP contribution in [-0.4, -0.2) is 56.8 Å². The third kappa shape index (κ3) is 5.38. The monoisotopic (exact) mass is 431 g/mol. The minimum Gasteiger partial charge on any atom is -0.497 e. The molecule has 1 aliphatic rings. The van der Waals surface area contributed by atoms with Gasteiger partial charge in [-0.25, -0.2) is 8.42 Å². The molecule has 1 fully saturated rings. The van der Waals surface area contributed by atoms with Gasteiger partial charge in [0.25, 0.3) is 0 Å². The molecule has 8 heteroatoms. The van der Waals surface area contributed by atoms with Gasteiger partial charge in [-0.3, -0.25) is 9.69 Å². The van der Waals surface area contributed by atoms with Crippen LogP contribution in [0.5, 0.6) is 5.75 Å². The molecule has 0 saturated carbocycles. The highest BCUT2D eigenvalue weighted by molar-refractivity contribution is 7.89. The molecule has 1 saturated heterocycles. The Kier molecular flexibility index (Phi) is 7.12. The van der Waals surface area contributed by atoms with E-state index in [1.54, 1.807) is 36.5 Å². The Morgan fingerprint density at radius 2 is 1.80 bits per heavy atom. The first-order valence-corrected chi connectivity index (χ1v) is 11.5. The number of aryl methyl sites for hydroxylation is 1. The number of hydrogen-bond acceptors (Lipinski definition) is 5. The molecule has 162 valence electrons. The van der Waals surface area contributed by atoms with Gasteiger partial charge >= 0.3 is 0 Å². The zero-order chi connectivity index (χ0) is 21.7. The highest BCUT2D eigenvalue weighted by atomic mass is 32.2. The van der Waals surface area contributed by atoms with Crippen molar-refractivity contribution in [2.24, 2.45) is 0 Å². The van der Waals surface area contributed by atoms with Crippen molar-refractivity contribution >= 4 is 21.6 Å². The van der Waals surface area contributed by atoms with E-state index in [9.17, 15) is 13.2 Å². The van der Waals surface area contributed by atoms with Crippen molar-refractivity contribution < 1.29 is 17.9 Å². The van der Waals surface area contributed by atoms with E-state index >= 15 is 0 Å². The summed E-state index contributed by atoms with van der Waals surface area (Å²) < 4.78 is 33.4. The molecule has 1 amide bonds. The largest absolute Gasteiger partial charge is 0.497 e. The van der Waals surface area contributed by atoms with Crippen LogP contribution < -0.4 is 10.1 Å². The second kappa shape index (κ2) is 9.59. The quantitative estimate of drug-likeness (QED) is 0.761. The molecule has 1 heterocycles. The summed E-state index contributed by atoms with van der Waals surface area (Å²) in [5.74, 6) is 0.592. The van der Waals surface area contributed by atoms with Crippen molar-refractivity contribution in [3.8, 4) is 5.75 Å². The van der Waals surface area contributed by atoms with Gasteiger partial charge in [-0.1, -0.05) is 18.2 Å². The van der Waals surface area contributed by atoms with Gasteiger partial charge in [-0.2, -0.15) is 4.31 Å². The summed E-state index contributed by atoms with van der Waals surface area (Å²) >= 11 is 0. The van der Waals surface area contributed by atoms with Crippen LogP contribution in [0.15, 0.2) is 47.4 Å². The van der Waals surface area contributed by atoms with E-state index in [1.807, 2.05) is 24.3 Å². The maximum absolute atomic E-state index is 13.3. The van der Waals surface area contributed by atoms with Gasteiger partial charge in [0.1, 0.15) is 5.75 Å². The number of methoxy groups -OCH3 is 1. The number of rotatable bonds is 6.